The van der Waals surface area contributed by atoms with Crippen molar-refractivity contribution in [1.29, 1.82) is 0 Å². The minimum Gasteiger partial charge on any atom is -0.331 e. The van der Waals surface area contributed by atoms with E-state index in [-0.39, 0.29) is 18.6 Å². The fourth-order valence-corrected chi connectivity index (χ4v) is 3.16. The van der Waals surface area contributed by atoms with Crippen molar-refractivity contribution in [3.8, 4) is 0 Å². The number of amides is 2. The van der Waals surface area contributed by atoms with Crippen molar-refractivity contribution in [1.82, 2.24) is 29.7 Å². The number of piperidine rings is 1. The normalized spacial score (nSPS) is 18.9. The first-order valence-electron chi connectivity index (χ1n) is 7.76. The van der Waals surface area contributed by atoms with Crippen LogP contribution in [-0.2, 0) is 23.1 Å². The van der Waals surface area contributed by atoms with Gasteiger partial charge in [-0.25, -0.2) is 17.9 Å². The molecule has 0 bridgehead atoms. The summed E-state index contributed by atoms with van der Waals surface area (Å²) in [4.78, 5) is 14.1. The SMILES string of the molecule is CCn1cnnc1CNC(=O)N1CCCCC1CNS(C)(=O)=O. The maximum atomic E-state index is 12.4. The largest absolute Gasteiger partial charge is 0.331 e. The molecule has 2 heterocycles. The summed E-state index contributed by atoms with van der Waals surface area (Å²) in [5, 5.41) is 10.6. The van der Waals surface area contributed by atoms with Gasteiger partial charge in [0.1, 0.15) is 6.33 Å². The van der Waals surface area contributed by atoms with E-state index in [2.05, 4.69) is 20.2 Å². The lowest BCUT2D eigenvalue weighted by atomic mass is 10.0. The third-order valence-electron chi connectivity index (χ3n) is 3.90. The van der Waals surface area contributed by atoms with Crippen LogP contribution in [0.25, 0.3) is 0 Å². The van der Waals surface area contributed by atoms with Crippen LogP contribution >= 0.6 is 0 Å². The van der Waals surface area contributed by atoms with E-state index < -0.39 is 10.0 Å². The number of nitrogens with one attached hydrogen (secondary N) is 2. The zero-order chi connectivity index (χ0) is 16.9. The van der Waals surface area contributed by atoms with E-state index in [1.54, 1.807) is 11.2 Å². The molecule has 1 aliphatic rings. The molecule has 0 aliphatic carbocycles. The van der Waals surface area contributed by atoms with Gasteiger partial charge in [-0.2, -0.15) is 0 Å². The monoisotopic (exact) mass is 344 g/mol. The van der Waals surface area contributed by atoms with Crippen molar-refractivity contribution in [2.24, 2.45) is 0 Å². The average molecular weight is 344 g/mol. The second-order valence-corrected chi connectivity index (χ2v) is 7.49. The molecule has 9 nitrogen and oxygen atoms in total. The minimum absolute atomic E-state index is 0.123. The first kappa shape index (κ1) is 17.7. The summed E-state index contributed by atoms with van der Waals surface area (Å²) in [6.45, 7) is 3.89. The fourth-order valence-electron chi connectivity index (χ4n) is 2.66. The van der Waals surface area contributed by atoms with Crippen LogP contribution in [0.4, 0.5) is 4.79 Å². The molecule has 0 aromatic carbocycles. The Bertz CT molecular complexity index is 629. The van der Waals surface area contributed by atoms with Gasteiger partial charge in [-0.15, -0.1) is 10.2 Å². The number of rotatable bonds is 6. The molecule has 2 amide bonds. The second-order valence-electron chi connectivity index (χ2n) is 5.66. The number of likely N-dealkylation sites (tertiary alicyclic amines) is 1. The van der Waals surface area contributed by atoms with Gasteiger partial charge in [-0.1, -0.05) is 0 Å². The van der Waals surface area contributed by atoms with Crippen molar-refractivity contribution >= 4 is 16.1 Å². The molecule has 1 saturated heterocycles. The van der Waals surface area contributed by atoms with E-state index in [1.807, 2.05) is 11.5 Å². The third-order valence-corrected chi connectivity index (χ3v) is 4.59. The second kappa shape index (κ2) is 7.73. The van der Waals surface area contributed by atoms with Crippen LogP contribution < -0.4 is 10.0 Å². The number of nitrogens with zero attached hydrogens (tertiary/aromatic N) is 4. The van der Waals surface area contributed by atoms with Gasteiger partial charge < -0.3 is 14.8 Å². The molecule has 0 saturated carbocycles. The van der Waals surface area contributed by atoms with Gasteiger partial charge in [-0.3, -0.25) is 0 Å². The van der Waals surface area contributed by atoms with Crippen LogP contribution in [0.5, 0.6) is 0 Å². The van der Waals surface area contributed by atoms with Gasteiger partial charge in [0.2, 0.25) is 10.0 Å². The molecule has 1 atom stereocenters. The maximum Gasteiger partial charge on any atom is 0.318 e. The van der Waals surface area contributed by atoms with Crippen LogP contribution in [0.2, 0.25) is 0 Å². The molecule has 0 radical (unpaired) electrons. The number of hydrogen-bond acceptors (Lipinski definition) is 5. The van der Waals surface area contributed by atoms with E-state index in [0.717, 1.165) is 32.1 Å². The van der Waals surface area contributed by atoms with Crippen LogP contribution in [0, 0.1) is 0 Å². The standard InChI is InChI=1S/C13H24N6O3S/c1-3-18-10-15-17-12(18)9-14-13(20)19-7-5-4-6-11(19)8-16-23(2,21)22/h10-11,16H,3-9H2,1-2H3,(H,14,20). The van der Waals surface area contributed by atoms with E-state index in [9.17, 15) is 13.2 Å². The Morgan fingerprint density at radius 2 is 2.22 bits per heavy atom. The zero-order valence-electron chi connectivity index (χ0n) is 13.5. The molecular weight excluding hydrogens is 320 g/mol. The maximum absolute atomic E-state index is 12.4. The molecule has 23 heavy (non-hydrogen) atoms. The summed E-state index contributed by atoms with van der Waals surface area (Å²) in [6, 6.07) is -0.321. The topological polar surface area (TPSA) is 109 Å². The Hall–Kier alpha value is -1.68. The Balaban J connectivity index is 1.92. The summed E-state index contributed by atoms with van der Waals surface area (Å²) in [6.07, 6.45) is 5.46. The summed E-state index contributed by atoms with van der Waals surface area (Å²) < 4.78 is 26.9. The summed E-state index contributed by atoms with van der Waals surface area (Å²) in [5.74, 6) is 0.698. The van der Waals surface area contributed by atoms with Crippen LogP contribution in [0.3, 0.4) is 0 Å². The third kappa shape index (κ3) is 5.17. The van der Waals surface area contributed by atoms with Gasteiger partial charge in [0.05, 0.1) is 12.8 Å². The summed E-state index contributed by atoms with van der Waals surface area (Å²) in [5.41, 5.74) is 0. The van der Waals surface area contributed by atoms with Crippen LogP contribution in [-0.4, -0.2) is 59.5 Å². The lowest BCUT2D eigenvalue weighted by Gasteiger charge is -2.35. The Kier molecular flexibility index (Phi) is 5.94. The molecule has 1 unspecified atom stereocenters. The molecule has 1 aliphatic heterocycles. The number of sulfonamides is 1. The van der Waals surface area contributed by atoms with Crippen LogP contribution in [0.15, 0.2) is 6.33 Å². The summed E-state index contributed by atoms with van der Waals surface area (Å²) in [7, 11) is -3.26. The Morgan fingerprint density at radius 1 is 1.43 bits per heavy atom. The molecule has 130 valence electrons. The number of urea groups is 1. The molecule has 1 aromatic heterocycles. The first-order valence-corrected chi connectivity index (χ1v) is 9.65. The van der Waals surface area contributed by atoms with Crippen molar-refractivity contribution in [3.63, 3.8) is 0 Å². The highest BCUT2D eigenvalue weighted by Gasteiger charge is 2.27. The summed E-state index contributed by atoms with van der Waals surface area (Å²) >= 11 is 0. The number of aromatic nitrogens is 3. The minimum atomic E-state index is -3.26. The van der Waals surface area contributed by atoms with Crippen molar-refractivity contribution in [3.05, 3.63) is 12.2 Å². The Labute approximate surface area is 136 Å². The predicted octanol–water partition coefficient (Wildman–Crippen LogP) is -0.0887. The van der Waals surface area contributed by atoms with Gasteiger partial charge >= 0.3 is 6.03 Å². The first-order chi connectivity index (χ1) is 10.9. The number of hydrogen-bond donors (Lipinski definition) is 2. The fraction of sp³-hybridized carbons (Fsp3) is 0.769. The average Bonchev–Trinajstić information content (AvgIpc) is 2.97. The number of carbonyl (C=O) groups excluding carboxylic acids is 1. The van der Waals surface area contributed by atoms with Gasteiger partial charge in [0.15, 0.2) is 5.82 Å². The van der Waals surface area contributed by atoms with Crippen molar-refractivity contribution < 1.29 is 13.2 Å². The van der Waals surface area contributed by atoms with Gasteiger partial charge in [-0.05, 0) is 26.2 Å². The molecule has 1 aromatic rings. The van der Waals surface area contributed by atoms with Crippen molar-refractivity contribution in [2.45, 2.75) is 45.3 Å². The highest BCUT2D eigenvalue weighted by molar-refractivity contribution is 7.88. The van der Waals surface area contributed by atoms with E-state index in [4.69, 9.17) is 0 Å². The molecule has 2 N–H and O–H groups in total. The number of aryl methyl sites for hydroxylation is 1. The van der Waals surface area contributed by atoms with Crippen LogP contribution in [0.1, 0.15) is 32.0 Å². The molecule has 10 heteroatoms. The lowest BCUT2D eigenvalue weighted by molar-refractivity contribution is 0.151. The quantitative estimate of drug-likeness (QED) is 0.750. The number of carbonyl (C=O) groups is 1. The molecule has 2 rings (SSSR count). The lowest BCUT2D eigenvalue weighted by Crippen LogP contribution is -2.52. The smallest absolute Gasteiger partial charge is 0.318 e. The highest BCUT2D eigenvalue weighted by atomic mass is 32.2. The highest BCUT2D eigenvalue weighted by Crippen LogP contribution is 2.16. The van der Waals surface area contributed by atoms with E-state index >= 15 is 0 Å². The molecule has 0 spiro atoms. The van der Waals surface area contributed by atoms with Crippen molar-refractivity contribution in [2.75, 3.05) is 19.3 Å². The van der Waals surface area contributed by atoms with Gasteiger partial charge in [0.25, 0.3) is 0 Å². The Morgan fingerprint density at radius 3 is 2.91 bits per heavy atom. The molecular formula is C13H24N6O3S. The zero-order valence-corrected chi connectivity index (χ0v) is 14.3. The van der Waals surface area contributed by atoms with E-state index in [0.29, 0.717) is 18.9 Å². The van der Waals surface area contributed by atoms with E-state index in [1.165, 1.54) is 0 Å². The van der Waals surface area contributed by atoms with Gasteiger partial charge in [0, 0.05) is 25.7 Å². The predicted molar refractivity (Wildman–Crippen MR) is 85.1 cm³/mol. The molecule has 1 fully saturated rings.